The Morgan fingerprint density at radius 3 is 2.39 bits per heavy atom. The fraction of sp³-hybridized carbons (Fsp3) is 0.538. The Labute approximate surface area is 105 Å². The van der Waals surface area contributed by atoms with Gasteiger partial charge in [-0.3, -0.25) is 0 Å². The van der Waals surface area contributed by atoms with Gasteiger partial charge in [0, 0.05) is 5.56 Å². The normalized spacial score (nSPS) is 13.9. The van der Waals surface area contributed by atoms with Crippen LogP contribution in [0.4, 0.5) is 13.2 Å². The molecule has 0 spiro atoms. The number of aromatic hydroxyl groups is 1. The first-order valence-electron chi connectivity index (χ1n) is 5.86. The highest BCUT2D eigenvalue weighted by molar-refractivity contribution is 5.39. The second-order valence-corrected chi connectivity index (χ2v) is 4.84. The van der Waals surface area contributed by atoms with E-state index >= 15 is 0 Å². The minimum absolute atomic E-state index is 0.260. The molecule has 0 aromatic heterocycles. The van der Waals surface area contributed by atoms with E-state index in [4.69, 9.17) is 5.73 Å². The third kappa shape index (κ3) is 3.91. The van der Waals surface area contributed by atoms with Crippen LogP contribution in [0.2, 0.25) is 0 Å². The Morgan fingerprint density at radius 2 is 1.89 bits per heavy atom. The van der Waals surface area contributed by atoms with E-state index in [1.807, 2.05) is 13.8 Å². The van der Waals surface area contributed by atoms with Gasteiger partial charge in [-0.1, -0.05) is 26.0 Å². The molecule has 0 heterocycles. The molecule has 5 heteroatoms. The Bertz CT molecular complexity index is 402. The van der Waals surface area contributed by atoms with Gasteiger partial charge in [0.2, 0.25) is 0 Å². The number of rotatable bonds is 4. The Balaban J connectivity index is 2.94. The van der Waals surface area contributed by atoms with E-state index in [1.54, 1.807) is 6.07 Å². The summed E-state index contributed by atoms with van der Waals surface area (Å²) in [5, 5.41) is 9.47. The van der Waals surface area contributed by atoms with Crippen LogP contribution in [-0.4, -0.2) is 11.3 Å². The molecule has 1 rings (SSSR count). The van der Waals surface area contributed by atoms with Gasteiger partial charge in [0.15, 0.2) is 0 Å². The van der Waals surface area contributed by atoms with Crippen molar-refractivity contribution in [3.05, 3.63) is 29.3 Å². The molecule has 1 aromatic carbocycles. The number of halogens is 3. The standard InChI is InChI=1S/C13H18F3NO/c1-8(2)3-4-9-5-6-11(18)10(7-9)12(17)13(14,15)16/h5-8,12,18H,3-4,17H2,1-2H3/t12-/m1/s1. The highest BCUT2D eigenvalue weighted by atomic mass is 19.4. The summed E-state index contributed by atoms with van der Waals surface area (Å²) in [6, 6.07) is 2.10. The predicted molar refractivity (Wildman–Crippen MR) is 64.2 cm³/mol. The summed E-state index contributed by atoms with van der Waals surface area (Å²) < 4.78 is 37.6. The van der Waals surface area contributed by atoms with Crippen LogP contribution in [0.1, 0.15) is 37.4 Å². The molecule has 0 unspecified atom stereocenters. The van der Waals surface area contributed by atoms with E-state index in [0.717, 1.165) is 12.0 Å². The van der Waals surface area contributed by atoms with Crippen molar-refractivity contribution in [2.75, 3.05) is 0 Å². The van der Waals surface area contributed by atoms with Gasteiger partial charge in [-0.05, 0) is 30.4 Å². The molecule has 0 aliphatic rings. The van der Waals surface area contributed by atoms with Crippen molar-refractivity contribution in [2.24, 2.45) is 11.7 Å². The molecule has 1 atom stereocenters. The third-order valence-corrected chi connectivity index (χ3v) is 2.79. The lowest BCUT2D eigenvalue weighted by molar-refractivity contribution is -0.149. The van der Waals surface area contributed by atoms with Crippen molar-refractivity contribution in [3.8, 4) is 5.75 Å². The zero-order valence-electron chi connectivity index (χ0n) is 10.5. The minimum atomic E-state index is -4.55. The molecule has 0 saturated carbocycles. The molecule has 2 nitrogen and oxygen atoms in total. The summed E-state index contributed by atoms with van der Waals surface area (Å²) >= 11 is 0. The van der Waals surface area contributed by atoms with Crippen molar-refractivity contribution in [1.82, 2.24) is 0 Å². The molecule has 3 N–H and O–H groups in total. The highest BCUT2D eigenvalue weighted by Crippen LogP contribution is 2.35. The van der Waals surface area contributed by atoms with E-state index in [9.17, 15) is 18.3 Å². The summed E-state index contributed by atoms with van der Waals surface area (Å²) in [5.41, 5.74) is 5.61. The zero-order chi connectivity index (χ0) is 13.9. The SMILES string of the molecule is CC(C)CCc1ccc(O)c([C@@H](N)C(F)(F)F)c1. The van der Waals surface area contributed by atoms with Crippen LogP contribution < -0.4 is 5.73 Å². The molecule has 0 fully saturated rings. The van der Waals surface area contributed by atoms with Crippen LogP contribution in [0, 0.1) is 5.92 Å². The number of hydrogen-bond acceptors (Lipinski definition) is 2. The largest absolute Gasteiger partial charge is 0.508 e. The van der Waals surface area contributed by atoms with Gasteiger partial charge in [-0.15, -0.1) is 0 Å². The number of hydrogen-bond donors (Lipinski definition) is 2. The maximum atomic E-state index is 12.5. The van der Waals surface area contributed by atoms with E-state index < -0.39 is 18.0 Å². The molecule has 18 heavy (non-hydrogen) atoms. The molecule has 0 saturated heterocycles. The average Bonchev–Trinajstić information content (AvgIpc) is 2.25. The first-order valence-corrected chi connectivity index (χ1v) is 5.86. The van der Waals surface area contributed by atoms with Crippen molar-refractivity contribution < 1.29 is 18.3 Å². The van der Waals surface area contributed by atoms with Gasteiger partial charge in [-0.25, -0.2) is 0 Å². The van der Waals surface area contributed by atoms with Crippen LogP contribution in [0.25, 0.3) is 0 Å². The molecule has 0 bridgehead atoms. The number of alkyl halides is 3. The number of benzene rings is 1. The fourth-order valence-corrected chi connectivity index (χ4v) is 1.64. The second-order valence-electron chi connectivity index (χ2n) is 4.84. The van der Waals surface area contributed by atoms with E-state index in [0.29, 0.717) is 12.3 Å². The van der Waals surface area contributed by atoms with Crippen molar-refractivity contribution in [1.29, 1.82) is 0 Å². The second kappa shape index (κ2) is 5.61. The Hall–Kier alpha value is -1.23. The Kier molecular flexibility index (Phi) is 4.62. The first kappa shape index (κ1) is 14.8. The number of phenolic OH excluding ortho intramolecular Hbond substituents is 1. The lowest BCUT2D eigenvalue weighted by Gasteiger charge is -2.18. The highest BCUT2D eigenvalue weighted by Gasteiger charge is 2.39. The number of aryl methyl sites for hydroxylation is 1. The monoisotopic (exact) mass is 261 g/mol. The summed E-state index contributed by atoms with van der Waals surface area (Å²) in [7, 11) is 0. The smallest absolute Gasteiger partial charge is 0.407 e. The Morgan fingerprint density at radius 1 is 1.28 bits per heavy atom. The summed E-state index contributed by atoms with van der Waals surface area (Å²) in [4.78, 5) is 0. The maximum absolute atomic E-state index is 12.5. The zero-order valence-corrected chi connectivity index (χ0v) is 10.5. The number of nitrogens with two attached hydrogens (primary N) is 1. The van der Waals surface area contributed by atoms with Gasteiger partial charge >= 0.3 is 6.18 Å². The van der Waals surface area contributed by atoms with Crippen LogP contribution in [0.5, 0.6) is 5.75 Å². The van der Waals surface area contributed by atoms with Gasteiger partial charge < -0.3 is 10.8 Å². The van der Waals surface area contributed by atoms with Crippen molar-refractivity contribution >= 4 is 0 Å². The maximum Gasteiger partial charge on any atom is 0.407 e. The van der Waals surface area contributed by atoms with Crippen molar-refractivity contribution in [2.45, 2.75) is 38.9 Å². The van der Waals surface area contributed by atoms with Crippen LogP contribution in [-0.2, 0) is 6.42 Å². The predicted octanol–water partition coefficient (Wildman–Crippen LogP) is 3.54. The molecular weight excluding hydrogens is 243 g/mol. The van der Waals surface area contributed by atoms with Crippen LogP contribution >= 0.6 is 0 Å². The molecule has 1 aromatic rings. The third-order valence-electron chi connectivity index (χ3n) is 2.79. The van der Waals surface area contributed by atoms with Gasteiger partial charge in [-0.2, -0.15) is 13.2 Å². The summed E-state index contributed by atoms with van der Waals surface area (Å²) in [6.07, 6.45) is -2.99. The van der Waals surface area contributed by atoms with Crippen LogP contribution in [0.15, 0.2) is 18.2 Å². The van der Waals surface area contributed by atoms with E-state index in [2.05, 4.69) is 0 Å². The lowest BCUT2D eigenvalue weighted by Crippen LogP contribution is -2.28. The molecule has 0 aliphatic heterocycles. The molecule has 102 valence electrons. The van der Waals surface area contributed by atoms with E-state index in [-0.39, 0.29) is 5.56 Å². The topological polar surface area (TPSA) is 46.2 Å². The molecule has 0 amide bonds. The van der Waals surface area contributed by atoms with Gasteiger partial charge in [0.25, 0.3) is 0 Å². The van der Waals surface area contributed by atoms with E-state index in [1.165, 1.54) is 12.1 Å². The lowest BCUT2D eigenvalue weighted by atomic mass is 9.98. The quantitative estimate of drug-likeness (QED) is 0.870. The number of phenols is 1. The molecular formula is C13H18F3NO. The van der Waals surface area contributed by atoms with Gasteiger partial charge in [0.05, 0.1) is 0 Å². The molecule has 0 aliphatic carbocycles. The van der Waals surface area contributed by atoms with Crippen molar-refractivity contribution in [3.63, 3.8) is 0 Å². The minimum Gasteiger partial charge on any atom is -0.508 e. The fourth-order valence-electron chi connectivity index (χ4n) is 1.64. The summed E-state index contributed by atoms with van der Waals surface area (Å²) in [5.74, 6) is 0.0617. The first-order chi connectivity index (χ1) is 8.21. The summed E-state index contributed by atoms with van der Waals surface area (Å²) in [6.45, 7) is 4.09. The molecule has 0 radical (unpaired) electrons. The van der Waals surface area contributed by atoms with Gasteiger partial charge in [0.1, 0.15) is 11.8 Å². The average molecular weight is 261 g/mol. The van der Waals surface area contributed by atoms with Crippen LogP contribution in [0.3, 0.4) is 0 Å².